The number of hydrogen-bond donors (Lipinski definition) is 2. The predicted molar refractivity (Wildman–Crippen MR) is 108 cm³/mol. The zero-order valence-electron chi connectivity index (χ0n) is 15.8. The highest BCUT2D eigenvalue weighted by molar-refractivity contribution is 7.89. The van der Waals surface area contributed by atoms with E-state index < -0.39 is 15.9 Å². The van der Waals surface area contributed by atoms with Gasteiger partial charge in [-0.15, -0.1) is 0 Å². The third-order valence-electron chi connectivity index (χ3n) is 4.29. The molecule has 8 heteroatoms. The zero-order valence-corrected chi connectivity index (χ0v) is 16.6. The van der Waals surface area contributed by atoms with Crippen LogP contribution in [0.2, 0.25) is 0 Å². The lowest BCUT2D eigenvalue weighted by Crippen LogP contribution is -2.30. The molecule has 1 saturated heterocycles. The van der Waals surface area contributed by atoms with Gasteiger partial charge in [0, 0.05) is 35.9 Å². The van der Waals surface area contributed by atoms with Gasteiger partial charge in [0.1, 0.15) is 0 Å². The smallest absolute Gasteiger partial charge is 0.255 e. The van der Waals surface area contributed by atoms with Crippen LogP contribution < -0.4 is 14.9 Å². The Morgan fingerprint density at radius 2 is 1.86 bits per heavy atom. The molecular formula is C20H23N3O4S. The van der Waals surface area contributed by atoms with Gasteiger partial charge in [-0.05, 0) is 56.7 Å². The van der Waals surface area contributed by atoms with Crippen LogP contribution in [0.3, 0.4) is 0 Å². The van der Waals surface area contributed by atoms with Crippen molar-refractivity contribution in [2.24, 2.45) is 0 Å². The Bertz CT molecular complexity index is 1000. The Morgan fingerprint density at radius 1 is 1.11 bits per heavy atom. The van der Waals surface area contributed by atoms with Crippen LogP contribution in [0.1, 0.15) is 37.0 Å². The highest BCUT2D eigenvalue weighted by Gasteiger charge is 2.22. The fourth-order valence-corrected chi connectivity index (χ4v) is 4.36. The number of anilines is 2. The number of rotatable bonds is 6. The van der Waals surface area contributed by atoms with Crippen molar-refractivity contribution in [3.8, 4) is 0 Å². The molecule has 0 atom stereocenters. The van der Waals surface area contributed by atoms with Crippen LogP contribution in [0, 0.1) is 0 Å². The molecular weight excluding hydrogens is 378 g/mol. The average molecular weight is 401 g/mol. The molecule has 1 aliphatic heterocycles. The van der Waals surface area contributed by atoms with Crippen LogP contribution in [0.15, 0.2) is 53.4 Å². The summed E-state index contributed by atoms with van der Waals surface area (Å²) in [6.07, 6.45) is 1.35. The van der Waals surface area contributed by atoms with Crippen molar-refractivity contribution < 1.29 is 18.0 Å². The van der Waals surface area contributed by atoms with Gasteiger partial charge in [0.2, 0.25) is 15.9 Å². The second-order valence-electron chi connectivity index (χ2n) is 6.96. The van der Waals surface area contributed by atoms with E-state index in [0.29, 0.717) is 18.7 Å². The summed E-state index contributed by atoms with van der Waals surface area (Å²) >= 11 is 0. The SMILES string of the molecule is CC(C)NS(=O)(=O)c1cccc(C(=O)Nc2cccc(N3CCCC3=O)c2)c1. The molecule has 2 aromatic carbocycles. The van der Waals surface area contributed by atoms with Gasteiger partial charge < -0.3 is 10.2 Å². The third kappa shape index (κ3) is 4.58. The van der Waals surface area contributed by atoms with E-state index in [-0.39, 0.29) is 22.4 Å². The summed E-state index contributed by atoms with van der Waals surface area (Å²) in [6.45, 7) is 4.12. The van der Waals surface area contributed by atoms with E-state index in [4.69, 9.17) is 0 Å². The van der Waals surface area contributed by atoms with Crippen molar-refractivity contribution in [1.29, 1.82) is 0 Å². The molecule has 1 heterocycles. The Hall–Kier alpha value is -2.71. The van der Waals surface area contributed by atoms with E-state index in [9.17, 15) is 18.0 Å². The maximum Gasteiger partial charge on any atom is 0.255 e. The van der Waals surface area contributed by atoms with Gasteiger partial charge in [-0.25, -0.2) is 13.1 Å². The van der Waals surface area contributed by atoms with Crippen molar-refractivity contribution in [1.82, 2.24) is 4.72 Å². The van der Waals surface area contributed by atoms with Gasteiger partial charge in [0.05, 0.1) is 4.90 Å². The maximum atomic E-state index is 12.6. The second kappa shape index (κ2) is 8.12. The number of hydrogen-bond acceptors (Lipinski definition) is 4. The molecule has 2 amide bonds. The third-order valence-corrected chi connectivity index (χ3v) is 5.94. The summed E-state index contributed by atoms with van der Waals surface area (Å²) in [4.78, 5) is 26.2. The summed E-state index contributed by atoms with van der Waals surface area (Å²) in [5.74, 6) is -0.356. The zero-order chi connectivity index (χ0) is 20.3. The normalized spacial score (nSPS) is 14.5. The summed E-state index contributed by atoms with van der Waals surface area (Å²) in [5, 5.41) is 2.76. The molecule has 28 heavy (non-hydrogen) atoms. The van der Waals surface area contributed by atoms with Crippen molar-refractivity contribution in [2.75, 3.05) is 16.8 Å². The molecule has 0 bridgehead atoms. The van der Waals surface area contributed by atoms with Gasteiger partial charge in [-0.1, -0.05) is 12.1 Å². The monoisotopic (exact) mass is 401 g/mol. The molecule has 2 N–H and O–H groups in total. The molecule has 0 unspecified atom stereocenters. The van der Waals surface area contributed by atoms with Crippen molar-refractivity contribution in [2.45, 2.75) is 37.6 Å². The minimum absolute atomic E-state index is 0.0327. The Balaban J connectivity index is 1.79. The number of nitrogens with zero attached hydrogens (tertiary/aromatic N) is 1. The van der Waals surface area contributed by atoms with E-state index in [2.05, 4.69) is 10.0 Å². The minimum Gasteiger partial charge on any atom is -0.322 e. The Morgan fingerprint density at radius 3 is 2.54 bits per heavy atom. The summed E-state index contributed by atoms with van der Waals surface area (Å²) in [7, 11) is -3.69. The topological polar surface area (TPSA) is 95.6 Å². The van der Waals surface area contributed by atoms with Crippen LogP contribution >= 0.6 is 0 Å². The molecule has 1 fully saturated rings. The van der Waals surface area contributed by atoms with E-state index in [1.54, 1.807) is 43.0 Å². The minimum atomic E-state index is -3.69. The lowest BCUT2D eigenvalue weighted by Gasteiger charge is -2.17. The molecule has 7 nitrogen and oxygen atoms in total. The van der Waals surface area contributed by atoms with Crippen LogP contribution in [0.25, 0.3) is 0 Å². The Kier molecular flexibility index (Phi) is 5.81. The number of nitrogens with one attached hydrogen (secondary N) is 2. The lowest BCUT2D eigenvalue weighted by atomic mass is 10.2. The van der Waals surface area contributed by atoms with Crippen molar-refractivity contribution in [3.05, 3.63) is 54.1 Å². The first-order valence-corrected chi connectivity index (χ1v) is 10.6. The number of carbonyl (C=O) groups excluding carboxylic acids is 2. The number of carbonyl (C=O) groups is 2. The first kappa shape index (κ1) is 20.0. The first-order valence-electron chi connectivity index (χ1n) is 9.10. The van der Waals surface area contributed by atoms with E-state index in [1.165, 1.54) is 18.2 Å². The van der Waals surface area contributed by atoms with E-state index in [1.807, 2.05) is 6.07 Å². The Labute approximate surface area is 164 Å². The quantitative estimate of drug-likeness (QED) is 0.778. The molecule has 0 aromatic heterocycles. The summed E-state index contributed by atoms with van der Waals surface area (Å²) in [6, 6.07) is 12.7. The van der Waals surface area contributed by atoms with Gasteiger partial charge in [0.15, 0.2) is 0 Å². The highest BCUT2D eigenvalue weighted by atomic mass is 32.2. The molecule has 148 valence electrons. The molecule has 0 spiro atoms. The van der Waals surface area contributed by atoms with Crippen LogP contribution in [-0.2, 0) is 14.8 Å². The molecule has 1 aliphatic rings. The van der Waals surface area contributed by atoms with E-state index in [0.717, 1.165) is 12.1 Å². The molecule has 3 rings (SSSR count). The fourth-order valence-electron chi connectivity index (χ4n) is 3.06. The number of benzene rings is 2. The molecule has 0 saturated carbocycles. The number of amides is 2. The first-order chi connectivity index (χ1) is 13.3. The second-order valence-corrected chi connectivity index (χ2v) is 8.67. The maximum absolute atomic E-state index is 12.6. The van der Waals surface area contributed by atoms with Crippen LogP contribution in [0.4, 0.5) is 11.4 Å². The molecule has 0 radical (unpaired) electrons. The van der Waals surface area contributed by atoms with Gasteiger partial charge in [-0.3, -0.25) is 9.59 Å². The van der Waals surface area contributed by atoms with Gasteiger partial charge in [-0.2, -0.15) is 0 Å². The summed E-state index contributed by atoms with van der Waals surface area (Å²) in [5.41, 5.74) is 1.50. The predicted octanol–water partition coefficient (Wildman–Crippen LogP) is 2.75. The average Bonchev–Trinajstić information content (AvgIpc) is 3.07. The van der Waals surface area contributed by atoms with Gasteiger partial charge in [0.25, 0.3) is 5.91 Å². The number of sulfonamides is 1. The summed E-state index contributed by atoms with van der Waals surface area (Å²) < 4.78 is 27.1. The largest absolute Gasteiger partial charge is 0.322 e. The lowest BCUT2D eigenvalue weighted by molar-refractivity contribution is -0.117. The highest BCUT2D eigenvalue weighted by Crippen LogP contribution is 2.24. The van der Waals surface area contributed by atoms with Crippen molar-refractivity contribution in [3.63, 3.8) is 0 Å². The van der Waals surface area contributed by atoms with Crippen LogP contribution in [0.5, 0.6) is 0 Å². The standard InChI is InChI=1S/C20H23N3O4S/c1-14(2)22-28(26,27)18-9-3-6-15(12-18)20(25)21-16-7-4-8-17(13-16)23-11-5-10-19(23)24/h3-4,6-9,12-14,22H,5,10-11H2,1-2H3,(H,21,25). The fraction of sp³-hybridized carbons (Fsp3) is 0.300. The molecule has 2 aromatic rings. The van der Waals surface area contributed by atoms with Crippen molar-refractivity contribution >= 4 is 33.2 Å². The van der Waals surface area contributed by atoms with E-state index >= 15 is 0 Å². The molecule has 0 aliphatic carbocycles. The van der Waals surface area contributed by atoms with Crippen LogP contribution in [-0.4, -0.2) is 32.8 Å². The van der Waals surface area contributed by atoms with Gasteiger partial charge >= 0.3 is 0 Å².